The Kier molecular flexibility index (Phi) is 3.47. The molecular formula is C11H16FNO. The predicted molar refractivity (Wildman–Crippen MR) is 55.9 cm³/mol. The van der Waals surface area contributed by atoms with E-state index in [4.69, 9.17) is 0 Å². The van der Waals surface area contributed by atoms with Gasteiger partial charge in [-0.3, -0.25) is 0 Å². The van der Waals surface area contributed by atoms with Crippen LogP contribution in [0, 0.1) is 12.7 Å². The van der Waals surface area contributed by atoms with Crippen molar-refractivity contribution in [1.82, 2.24) is 0 Å². The van der Waals surface area contributed by atoms with Crippen molar-refractivity contribution in [3.05, 3.63) is 29.6 Å². The number of halogens is 1. The molecule has 14 heavy (non-hydrogen) atoms. The number of nitrogens with one attached hydrogen (secondary N) is 1. The summed E-state index contributed by atoms with van der Waals surface area (Å²) in [5.41, 5.74) is 1.57. The van der Waals surface area contributed by atoms with Gasteiger partial charge in [0.15, 0.2) is 0 Å². The van der Waals surface area contributed by atoms with Gasteiger partial charge in [0.25, 0.3) is 0 Å². The quantitative estimate of drug-likeness (QED) is 0.779. The third kappa shape index (κ3) is 3.00. The Hall–Kier alpha value is -1.09. The van der Waals surface area contributed by atoms with Crippen LogP contribution in [0.25, 0.3) is 0 Å². The predicted octanol–water partition coefficient (Wildman–Crippen LogP) is 2.32. The second-order valence-electron chi connectivity index (χ2n) is 3.69. The van der Waals surface area contributed by atoms with Crippen LogP contribution in [0.15, 0.2) is 18.2 Å². The summed E-state index contributed by atoms with van der Waals surface area (Å²) in [4.78, 5) is 0. The minimum absolute atomic E-state index is 0.0869. The van der Waals surface area contributed by atoms with Gasteiger partial charge in [-0.15, -0.1) is 0 Å². The highest BCUT2D eigenvalue weighted by atomic mass is 19.1. The molecule has 2 N–H and O–H groups in total. The van der Waals surface area contributed by atoms with Crippen LogP contribution in [0.3, 0.4) is 0 Å². The summed E-state index contributed by atoms with van der Waals surface area (Å²) in [6.07, 6.45) is -0.460. The summed E-state index contributed by atoms with van der Waals surface area (Å²) in [7, 11) is 0. The van der Waals surface area contributed by atoms with E-state index >= 15 is 0 Å². The van der Waals surface area contributed by atoms with E-state index < -0.39 is 6.10 Å². The minimum atomic E-state index is -0.460. The first kappa shape index (κ1) is 11.0. The van der Waals surface area contributed by atoms with Gasteiger partial charge in [-0.25, -0.2) is 4.39 Å². The lowest BCUT2D eigenvalue weighted by Gasteiger charge is -2.18. The van der Waals surface area contributed by atoms with Gasteiger partial charge in [0.1, 0.15) is 5.82 Å². The summed E-state index contributed by atoms with van der Waals surface area (Å²) in [5, 5.41) is 12.3. The number of aliphatic hydroxyl groups is 1. The van der Waals surface area contributed by atoms with Crippen LogP contribution in [0.4, 0.5) is 10.1 Å². The molecule has 0 radical (unpaired) electrons. The molecule has 78 valence electrons. The van der Waals surface area contributed by atoms with Crippen molar-refractivity contribution in [2.24, 2.45) is 0 Å². The van der Waals surface area contributed by atoms with Crippen molar-refractivity contribution in [3.8, 4) is 0 Å². The number of aliphatic hydroxyl groups excluding tert-OH is 1. The van der Waals surface area contributed by atoms with Gasteiger partial charge >= 0.3 is 0 Å². The van der Waals surface area contributed by atoms with Crippen molar-refractivity contribution in [2.45, 2.75) is 32.9 Å². The molecule has 0 aromatic heterocycles. The maximum Gasteiger partial charge on any atom is 0.125 e. The highest BCUT2D eigenvalue weighted by molar-refractivity contribution is 5.46. The molecule has 0 bridgehead atoms. The second kappa shape index (κ2) is 4.42. The molecule has 0 aliphatic heterocycles. The van der Waals surface area contributed by atoms with Gasteiger partial charge in [-0.2, -0.15) is 0 Å². The second-order valence-corrected chi connectivity index (χ2v) is 3.69. The van der Waals surface area contributed by atoms with Crippen LogP contribution in [0.5, 0.6) is 0 Å². The summed E-state index contributed by atoms with van der Waals surface area (Å²) in [6.45, 7) is 5.38. The molecule has 2 unspecified atom stereocenters. The van der Waals surface area contributed by atoms with E-state index in [0.29, 0.717) is 5.69 Å². The Balaban J connectivity index is 2.76. The molecule has 0 amide bonds. The first-order chi connectivity index (χ1) is 6.49. The molecule has 2 nitrogen and oxygen atoms in total. The molecule has 1 aromatic carbocycles. The standard InChI is InChI=1S/C11H16FNO/c1-7-4-10(12)6-11(5-7)13-8(2)9(3)14/h4-6,8-9,13-14H,1-3H3. The van der Waals surface area contributed by atoms with Gasteiger partial charge < -0.3 is 10.4 Å². The maximum atomic E-state index is 13.0. The first-order valence-corrected chi connectivity index (χ1v) is 4.71. The lowest BCUT2D eigenvalue weighted by molar-refractivity contribution is 0.178. The highest BCUT2D eigenvalue weighted by Crippen LogP contribution is 2.14. The van der Waals surface area contributed by atoms with Crippen LogP contribution < -0.4 is 5.32 Å². The number of aryl methyl sites for hydroxylation is 1. The van der Waals surface area contributed by atoms with Crippen LogP contribution in [0.2, 0.25) is 0 Å². The van der Waals surface area contributed by atoms with E-state index in [1.165, 1.54) is 12.1 Å². The fourth-order valence-corrected chi connectivity index (χ4v) is 1.20. The number of hydrogen-bond acceptors (Lipinski definition) is 2. The van der Waals surface area contributed by atoms with E-state index in [-0.39, 0.29) is 11.9 Å². The Labute approximate surface area is 83.8 Å². The molecule has 1 aromatic rings. The van der Waals surface area contributed by atoms with Gasteiger partial charge in [0.2, 0.25) is 0 Å². The Bertz CT molecular complexity index is 292. The maximum absolute atomic E-state index is 13.0. The summed E-state index contributed by atoms with van der Waals surface area (Å²) < 4.78 is 13.0. The van der Waals surface area contributed by atoms with Gasteiger partial charge in [-0.1, -0.05) is 0 Å². The summed E-state index contributed by atoms with van der Waals surface area (Å²) in [6, 6.07) is 4.66. The number of benzene rings is 1. The van der Waals surface area contributed by atoms with E-state index in [0.717, 1.165) is 5.56 Å². The molecule has 0 heterocycles. The van der Waals surface area contributed by atoms with Crippen LogP contribution in [-0.4, -0.2) is 17.3 Å². The van der Waals surface area contributed by atoms with E-state index in [9.17, 15) is 9.50 Å². The molecular weight excluding hydrogens is 181 g/mol. The molecule has 0 aliphatic carbocycles. The third-order valence-electron chi connectivity index (χ3n) is 2.16. The van der Waals surface area contributed by atoms with Gasteiger partial charge in [0, 0.05) is 11.7 Å². The third-order valence-corrected chi connectivity index (χ3v) is 2.16. The normalized spacial score (nSPS) is 14.9. The number of rotatable bonds is 3. The fourth-order valence-electron chi connectivity index (χ4n) is 1.20. The molecule has 2 atom stereocenters. The zero-order valence-electron chi connectivity index (χ0n) is 8.71. The smallest absolute Gasteiger partial charge is 0.125 e. The fraction of sp³-hybridized carbons (Fsp3) is 0.455. The van der Waals surface area contributed by atoms with Crippen molar-refractivity contribution in [1.29, 1.82) is 0 Å². The largest absolute Gasteiger partial charge is 0.391 e. The lowest BCUT2D eigenvalue weighted by atomic mass is 10.1. The Morgan fingerprint density at radius 1 is 1.29 bits per heavy atom. The van der Waals surface area contributed by atoms with Crippen molar-refractivity contribution in [2.75, 3.05) is 5.32 Å². The van der Waals surface area contributed by atoms with Gasteiger partial charge in [0.05, 0.1) is 6.10 Å². The van der Waals surface area contributed by atoms with Crippen LogP contribution in [-0.2, 0) is 0 Å². The number of anilines is 1. The van der Waals surface area contributed by atoms with Crippen molar-refractivity contribution < 1.29 is 9.50 Å². The minimum Gasteiger partial charge on any atom is -0.391 e. The van der Waals surface area contributed by atoms with E-state index in [1.54, 1.807) is 6.92 Å². The zero-order chi connectivity index (χ0) is 10.7. The lowest BCUT2D eigenvalue weighted by Crippen LogP contribution is -2.27. The molecule has 0 aliphatic rings. The molecule has 0 fully saturated rings. The Morgan fingerprint density at radius 2 is 1.93 bits per heavy atom. The highest BCUT2D eigenvalue weighted by Gasteiger charge is 2.08. The van der Waals surface area contributed by atoms with E-state index in [2.05, 4.69) is 5.32 Å². The molecule has 0 spiro atoms. The van der Waals surface area contributed by atoms with E-state index in [1.807, 2.05) is 19.9 Å². The van der Waals surface area contributed by atoms with Crippen LogP contribution in [0.1, 0.15) is 19.4 Å². The number of hydrogen-bond donors (Lipinski definition) is 2. The average Bonchev–Trinajstić information content (AvgIpc) is 2.01. The molecule has 0 saturated heterocycles. The SMILES string of the molecule is Cc1cc(F)cc(NC(C)C(C)O)c1. The topological polar surface area (TPSA) is 32.3 Å². The van der Waals surface area contributed by atoms with Crippen molar-refractivity contribution in [3.63, 3.8) is 0 Å². The Morgan fingerprint density at radius 3 is 2.43 bits per heavy atom. The summed E-state index contributed by atoms with van der Waals surface area (Å²) >= 11 is 0. The summed E-state index contributed by atoms with van der Waals surface area (Å²) in [5.74, 6) is -0.259. The average molecular weight is 197 g/mol. The molecule has 1 rings (SSSR count). The van der Waals surface area contributed by atoms with Gasteiger partial charge in [-0.05, 0) is 44.5 Å². The molecule has 0 saturated carbocycles. The van der Waals surface area contributed by atoms with Crippen molar-refractivity contribution >= 4 is 5.69 Å². The van der Waals surface area contributed by atoms with Crippen LogP contribution >= 0.6 is 0 Å². The first-order valence-electron chi connectivity index (χ1n) is 4.71. The monoisotopic (exact) mass is 197 g/mol. The molecule has 3 heteroatoms. The zero-order valence-corrected chi connectivity index (χ0v) is 8.71.